The van der Waals surface area contributed by atoms with E-state index in [0.29, 0.717) is 18.7 Å². The summed E-state index contributed by atoms with van der Waals surface area (Å²) < 4.78 is 11.0. The Balaban J connectivity index is 1.62. The molecule has 2 aliphatic rings. The number of carbonyl (C=O) groups is 1. The SMILES string of the molecule is CCOc1ccc(C(=O)NCC2(N3CCCCC3)CCOCC2)cc1. The van der Waals surface area contributed by atoms with Crippen molar-refractivity contribution < 1.29 is 14.3 Å². The highest BCUT2D eigenvalue weighted by Crippen LogP contribution is 2.30. The second-order valence-corrected chi connectivity index (χ2v) is 7.02. The van der Waals surface area contributed by atoms with E-state index in [0.717, 1.165) is 44.9 Å². The molecule has 0 atom stereocenters. The highest BCUT2D eigenvalue weighted by molar-refractivity contribution is 5.94. The number of carbonyl (C=O) groups excluding carboxylic acids is 1. The van der Waals surface area contributed by atoms with Gasteiger partial charge in [0.1, 0.15) is 5.75 Å². The van der Waals surface area contributed by atoms with Crippen LogP contribution in [0, 0.1) is 0 Å². The quantitative estimate of drug-likeness (QED) is 0.860. The number of benzene rings is 1. The predicted octanol–water partition coefficient (Wildman–Crippen LogP) is 2.85. The average Bonchev–Trinajstić information content (AvgIpc) is 2.68. The van der Waals surface area contributed by atoms with E-state index in [9.17, 15) is 4.79 Å². The van der Waals surface area contributed by atoms with Gasteiger partial charge in [-0.3, -0.25) is 9.69 Å². The fourth-order valence-electron chi connectivity index (χ4n) is 3.94. The van der Waals surface area contributed by atoms with Crippen molar-refractivity contribution in [3.63, 3.8) is 0 Å². The molecule has 0 spiro atoms. The van der Waals surface area contributed by atoms with Crippen LogP contribution in [0.5, 0.6) is 5.75 Å². The standard InChI is InChI=1S/C20H30N2O3/c1-2-25-18-8-6-17(7-9-18)19(23)21-16-20(10-14-24-15-11-20)22-12-4-3-5-13-22/h6-9H,2-5,10-16H2,1H3,(H,21,23). The van der Waals surface area contributed by atoms with Crippen LogP contribution in [0.3, 0.4) is 0 Å². The van der Waals surface area contributed by atoms with Crippen LogP contribution < -0.4 is 10.1 Å². The number of nitrogens with zero attached hydrogens (tertiary/aromatic N) is 1. The Bertz CT molecular complexity index is 547. The van der Waals surface area contributed by atoms with Gasteiger partial charge in [0, 0.05) is 30.9 Å². The van der Waals surface area contributed by atoms with Crippen LogP contribution in [0.4, 0.5) is 0 Å². The van der Waals surface area contributed by atoms with Crippen molar-refractivity contribution in [2.45, 2.75) is 44.6 Å². The molecule has 2 heterocycles. The Morgan fingerprint density at radius 3 is 2.48 bits per heavy atom. The second kappa shape index (κ2) is 8.68. The molecule has 25 heavy (non-hydrogen) atoms. The summed E-state index contributed by atoms with van der Waals surface area (Å²) in [6.45, 7) is 7.13. The predicted molar refractivity (Wildman–Crippen MR) is 98.2 cm³/mol. The Labute approximate surface area is 150 Å². The van der Waals surface area contributed by atoms with E-state index < -0.39 is 0 Å². The van der Waals surface area contributed by atoms with Crippen LogP contribution >= 0.6 is 0 Å². The van der Waals surface area contributed by atoms with Gasteiger partial charge in [0.2, 0.25) is 0 Å². The lowest BCUT2D eigenvalue weighted by atomic mass is 9.86. The van der Waals surface area contributed by atoms with Crippen molar-refractivity contribution in [3.8, 4) is 5.75 Å². The lowest BCUT2D eigenvalue weighted by Gasteiger charge is -2.48. The maximum atomic E-state index is 12.6. The summed E-state index contributed by atoms with van der Waals surface area (Å²) in [6, 6.07) is 7.37. The molecule has 5 nitrogen and oxygen atoms in total. The molecular weight excluding hydrogens is 316 g/mol. The largest absolute Gasteiger partial charge is 0.494 e. The van der Waals surface area contributed by atoms with Gasteiger partial charge in [-0.1, -0.05) is 6.42 Å². The third-order valence-electron chi connectivity index (χ3n) is 5.46. The molecule has 0 radical (unpaired) electrons. The van der Waals surface area contributed by atoms with Crippen LogP contribution in [0.15, 0.2) is 24.3 Å². The summed E-state index contributed by atoms with van der Waals surface area (Å²) in [6.07, 6.45) is 5.83. The van der Waals surface area contributed by atoms with E-state index >= 15 is 0 Å². The molecule has 2 aliphatic heterocycles. The van der Waals surface area contributed by atoms with Gasteiger partial charge in [0.05, 0.1) is 6.61 Å². The van der Waals surface area contributed by atoms with E-state index in [-0.39, 0.29) is 11.4 Å². The maximum Gasteiger partial charge on any atom is 0.251 e. The first kappa shape index (κ1) is 18.2. The fraction of sp³-hybridized carbons (Fsp3) is 0.650. The molecule has 2 fully saturated rings. The molecule has 1 N–H and O–H groups in total. The van der Waals surface area contributed by atoms with Gasteiger partial charge >= 0.3 is 0 Å². The van der Waals surface area contributed by atoms with E-state index in [1.54, 1.807) is 0 Å². The summed E-state index contributed by atoms with van der Waals surface area (Å²) in [5.74, 6) is 0.791. The molecule has 1 aromatic carbocycles. The summed E-state index contributed by atoms with van der Waals surface area (Å²) in [5, 5.41) is 3.18. The second-order valence-electron chi connectivity index (χ2n) is 7.02. The molecule has 1 aromatic rings. The molecule has 0 unspecified atom stereocenters. The van der Waals surface area contributed by atoms with Crippen LogP contribution in [0.25, 0.3) is 0 Å². The molecule has 0 aliphatic carbocycles. The molecule has 1 amide bonds. The first-order chi connectivity index (χ1) is 12.2. The van der Waals surface area contributed by atoms with Gasteiger partial charge in [-0.05, 0) is 70.0 Å². The lowest BCUT2D eigenvalue weighted by molar-refractivity contribution is -0.0349. The van der Waals surface area contributed by atoms with Crippen LogP contribution in [-0.2, 0) is 4.74 Å². The first-order valence-corrected chi connectivity index (χ1v) is 9.57. The van der Waals surface area contributed by atoms with Crippen molar-refractivity contribution in [1.29, 1.82) is 0 Å². The number of rotatable bonds is 6. The summed E-state index contributed by atoms with van der Waals surface area (Å²) in [5.41, 5.74) is 0.740. The minimum atomic E-state index is -0.00840. The first-order valence-electron chi connectivity index (χ1n) is 9.57. The Hall–Kier alpha value is -1.59. The summed E-state index contributed by atoms with van der Waals surface area (Å²) >= 11 is 0. The summed E-state index contributed by atoms with van der Waals surface area (Å²) in [7, 11) is 0. The Morgan fingerprint density at radius 2 is 1.84 bits per heavy atom. The smallest absolute Gasteiger partial charge is 0.251 e. The number of hydrogen-bond acceptors (Lipinski definition) is 4. The zero-order chi connectivity index (χ0) is 17.5. The normalized spacial score (nSPS) is 20.8. The Kier molecular flexibility index (Phi) is 6.32. The topological polar surface area (TPSA) is 50.8 Å². The third-order valence-corrected chi connectivity index (χ3v) is 5.46. The van der Waals surface area contributed by atoms with Gasteiger partial charge in [-0.25, -0.2) is 0 Å². The number of amides is 1. The molecular formula is C20H30N2O3. The molecule has 138 valence electrons. The van der Waals surface area contributed by atoms with Crippen LogP contribution in [0.2, 0.25) is 0 Å². The fourth-order valence-corrected chi connectivity index (χ4v) is 3.94. The summed E-state index contributed by atoms with van der Waals surface area (Å²) in [4.78, 5) is 15.2. The van der Waals surface area contributed by atoms with E-state index in [1.165, 1.54) is 19.3 Å². The molecule has 0 bridgehead atoms. The van der Waals surface area contributed by atoms with Gasteiger partial charge < -0.3 is 14.8 Å². The monoisotopic (exact) mass is 346 g/mol. The number of likely N-dealkylation sites (tertiary alicyclic amines) is 1. The lowest BCUT2D eigenvalue weighted by Crippen LogP contribution is -2.59. The van der Waals surface area contributed by atoms with Crippen molar-refractivity contribution in [2.75, 3.05) is 39.5 Å². The molecule has 5 heteroatoms. The van der Waals surface area contributed by atoms with Crippen molar-refractivity contribution in [2.24, 2.45) is 0 Å². The zero-order valence-electron chi connectivity index (χ0n) is 15.3. The van der Waals surface area contributed by atoms with Gasteiger partial charge in [-0.2, -0.15) is 0 Å². The van der Waals surface area contributed by atoms with Crippen molar-refractivity contribution in [3.05, 3.63) is 29.8 Å². The van der Waals surface area contributed by atoms with Crippen molar-refractivity contribution in [1.82, 2.24) is 10.2 Å². The number of piperidine rings is 1. The molecule has 2 saturated heterocycles. The highest BCUT2D eigenvalue weighted by Gasteiger charge is 2.39. The average molecular weight is 346 g/mol. The van der Waals surface area contributed by atoms with Crippen LogP contribution in [0.1, 0.15) is 49.4 Å². The minimum Gasteiger partial charge on any atom is -0.494 e. The Morgan fingerprint density at radius 1 is 1.16 bits per heavy atom. The number of hydrogen-bond donors (Lipinski definition) is 1. The van der Waals surface area contributed by atoms with Gasteiger partial charge in [0.15, 0.2) is 0 Å². The number of nitrogens with one attached hydrogen (secondary N) is 1. The van der Waals surface area contributed by atoms with Crippen LogP contribution in [-0.4, -0.2) is 55.8 Å². The maximum absolute atomic E-state index is 12.6. The van der Waals surface area contributed by atoms with Gasteiger partial charge in [-0.15, -0.1) is 0 Å². The molecule has 0 aromatic heterocycles. The third kappa shape index (κ3) is 4.53. The van der Waals surface area contributed by atoms with E-state index in [1.807, 2.05) is 31.2 Å². The highest BCUT2D eigenvalue weighted by atomic mass is 16.5. The van der Waals surface area contributed by atoms with Gasteiger partial charge in [0.25, 0.3) is 5.91 Å². The van der Waals surface area contributed by atoms with Crippen molar-refractivity contribution >= 4 is 5.91 Å². The van der Waals surface area contributed by atoms with E-state index in [2.05, 4.69) is 10.2 Å². The minimum absolute atomic E-state index is 0.00840. The number of ether oxygens (including phenoxy) is 2. The molecule has 0 saturated carbocycles. The molecule has 3 rings (SSSR count). The zero-order valence-corrected chi connectivity index (χ0v) is 15.3. The van der Waals surface area contributed by atoms with E-state index in [4.69, 9.17) is 9.47 Å².